The molecule has 3 aromatic rings. The predicted octanol–water partition coefficient (Wildman–Crippen LogP) is 4.43. The lowest BCUT2D eigenvalue weighted by Crippen LogP contribution is -2.02. The van der Waals surface area contributed by atoms with Gasteiger partial charge < -0.3 is 28.4 Å². The second-order valence-corrected chi connectivity index (χ2v) is 6.67. The molecule has 0 spiro atoms. The van der Waals surface area contributed by atoms with Gasteiger partial charge in [-0.05, 0) is 40.8 Å². The molecule has 2 aliphatic heterocycles. The summed E-state index contributed by atoms with van der Waals surface area (Å²) in [4.78, 5) is 0. The molecule has 6 heteroatoms. The molecule has 0 aromatic heterocycles. The molecule has 0 saturated heterocycles. The number of rotatable bonds is 4. The first-order valence-corrected chi connectivity index (χ1v) is 9.00. The smallest absolute Gasteiger partial charge is 0.231 e. The van der Waals surface area contributed by atoms with Crippen LogP contribution in [-0.2, 0) is 16.1 Å². The van der Waals surface area contributed by atoms with Crippen LogP contribution >= 0.6 is 0 Å². The quantitative estimate of drug-likeness (QED) is 0.668. The zero-order valence-corrected chi connectivity index (χ0v) is 15.9. The Balaban J connectivity index is 1.89. The third kappa shape index (κ3) is 2.42. The van der Waals surface area contributed by atoms with Crippen molar-refractivity contribution < 1.29 is 28.4 Å². The third-order valence-electron chi connectivity index (χ3n) is 5.27. The van der Waals surface area contributed by atoms with Crippen LogP contribution in [0.15, 0.2) is 36.4 Å². The van der Waals surface area contributed by atoms with Crippen molar-refractivity contribution in [3.8, 4) is 34.1 Å². The summed E-state index contributed by atoms with van der Waals surface area (Å²) in [6.07, 6.45) is -0.448. The standard InChI is InChI=1S/C22H20O6/c1-23-16-7-5-12-8-14-10-26-22(25-3)20(14)18(19(12)21(16)24-2)13-4-6-15-17(9-13)28-11-27-15/h4-9,22H,10-11H2,1-3H3. The molecule has 3 aromatic carbocycles. The van der Waals surface area contributed by atoms with Crippen LogP contribution in [-0.4, -0.2) is 28.1 Å². The molecular formula is C22H20O6. The SMILES string of the molecule is COc1ccc2cc3c(c(-c4ccc5c(c4)OCO5)c2c1OC)C(OC)OC3. The summed E-state index contributed by atoms with van der Waals surface area (Å²) in [6, 6.07) is 12.0. The van der Waals surface area contributed by atoms with Gasteiger partial charge in [-0.2, -0.15) is 0 Å². The van der Waals surface area contributed by atoms with E-state index in [9.17, 15) is 0 Å². The number of hydrogen-bond donors (Lipinski definition) is 0. The highest BCUT2D eigenvalue weighted by Gasteiger charge is 2.31. The van der Waals surface area contributed by atoms with Crippen LogP contribution in [0.25, 0.3) is 21.9 Å². The molecule has 28 heavy (non-hydrogen) atoms. The van der Waals surface area contributed by atoms with Crippen molar-refractivity contribution in [3.63, 3.8) is 0 Å². The summed E-state index contributed by atoms with van der Waals surface area (Å²) in [5, 5.41) is 2.00. The highest BCUT2D eigenvalue weighted by atomic mass is 16.7. The molecular weight excluding hydrogens is 360 g/mol. The zero-order valence-electron chi connectivity index (χ0n) is 15.9. The van der Waals surface area contributed by atoms with Crippen LogP contribution in [0.2, 0.25) is 0 Å². The van der Waals surface area contributed by atoms with Crippen molar-refractivity contribution in [1.82, 2.24) is 0 Å². The Morgan fingerprint density at radius 1 is 0.929 bits per heavy atom. The maximum absolute atomic E-state index is 5.88. The average molecular weight is 380 g/mol. The Hall–Kier alpha value is -2.96. The minimum Gasteiger partial charge on any atom is -0.493 e. The van der Waals surface area contributed by atoms with Gasteiger partial charge in [-0.25, -0.2) is 0 Å². The third-order valence-corrected chi connectivity index (χ3v) is 5.27. The van der Waals surface area contributed by atoms with Gasteiger partial charge in [0.05, 0.1) is 20.8 Å². The fraction of sp³-hybridized carbons (Fsp3) is 0.273. The van der Waals surface area contributed by atoms with E-state index in [1.165, 1.54) is 0 Å². The normalized spacial score (nSPS) is 17.0. The first-order chi connectivity index (χ1) is 13.7. The van der Waals surface area contributed by atoms with Crippen molar-refractivity contribution in [2.75, 3.05) is 28.1 Å². The summed E-state index contributed by atoms with van der Waals surface area (Å²) in [5.74, 6) is 2.81. The van der Waals surface area contributed by atoms with Crippen molar-refractivity contribution >= 4 is 10.8 Å². The van der Waals surface area contributed by atoms with E-state index in [4.69, 9.17) is 28.4 Å². The Morgan fingerprint density at radius 3 is 2.57 bits per heavy atom. The molecule has 1 unspecified atom stereocenters. The van der Waals surface area contributed by atoms with Gasteiger partial charge >= 0.3 is 0 Å². The fourth-order valence-corrected chi connectivity index (χ4v) is 4.06. The van der Waals surface area contributed by atoms with Crippen LogP contribution < -0.4 is 18.9 Å². The molecule has 0 radical (unpaired) electrons. The van der Waals surface area contributed by atoms with Crippen LogP contribution in [0.4, 0.5) is 0 Å². The van der Waals surface area contributed by atoms with Gasteiger partial charge in [-0.15, -0.1) is 0 Å². The first kappa shape index (κ1) is 17.2. The maximum atomic E-state index is 5.88. The summed E-state index contributed by atoms with van der Waals surface area (Å²) in [5.41, 5.74) is 4.07. The van der Waals surface area contributed by atoms with E-state index in [0.717, 1.165) is 44.5 Å². The van der Waals surface area contributed by atoms with E-state index >= 15 is 0 Å². The summed E-state index contributed by atoms with van der Waals surface area (Å²) < 4.78 is 33.9. The molecule has 0 aliphatic carbocycles. The largest absolute Gasteiger partial charge is 0.493 e. The number of methoxy groups -OCH3 is 3. The molecule has 0 saturated carbocycles. The van der Waals surface area contributed by atoms with Crippen molar-refractivity contribution in [3.05, 3.63) is 47.5 Å². The van der Waals surface area contributed by atoms with E-state index in [-0.39, 0.29) is 6.79 Å². The summed E-state index contributed by atoms with van der Waals surface area (Å²) in [7, 11) is 4.94. The molecule has 0 fully saturated rings. The number of benzene rings is 3. The second-order valence-electron chi connectivity index (χ2n) is 6.67. The molecule has 1 atom stereocenters. The van der Waals surface area contributed by atoms with E-state index in [1.54, 1.807) is 21.3 Å². The zero-order chi connectivity index (χ0) is 19.3. The molecule has 2 aliphatic rings. The highest BCUT2D eigenvalue weighted by Crippen LogP contribution is 2.49. The Bertz CT molecular complexity index is 1070. The second kappa shape index (κ2) is 6.58. The van der Waals surface area contributed by atoms with Crippen molar-refractivity contribution in [2.45, 2.75) is 12.9 Å². The van der Waals surface area contributed by atoms with E-state index in [0.29, 0.717) is 18.1 Å². The lowest BCUT2D eigenvalue weighted by Gasteiger charge is -2.20. The molecule has 0 amide bonds. The van der Waals surface area contributed by atoms with Crippen LogP contribution in [0.3, 0.4) is 0 Å². The Labute approximate surface area is 162 Å². The monoisotopic (exact) mass is 380 g/mol. The van der Waals surface area contributed by atoms with Gasteiger partial charge in [0.1, 0.15) is 0 Å². The molecule has 2 heterocycles. The minimum absolute atomic E-state index is 0.230. The van der Waals surface area contributed by atoms with Gasteiger partial charge in [0.25, 0.3) is 0 Å². The van der Waals surface area contributed by atoms with Crippen LogP contribution in [0.1, 0.15) is 17.4 Å². The average Bonchev–Trinajstić information content (AvgIpc) is 3.36. The van der Waals surface area contributed by atoms with Crippen LogP contribution in [0, 0.1) is 0 Å². The maximum Gasteiger partial charge on any atom is 0.231 e. The van der Waals surface area contributed by atoms with E-state index < -0.39 is 6.29 Å². The van der Waals surface area contributed by atoms with Crippen molar-refractivity contribution in [2.24, 2.45) is 0 Å². The van der Waals surface area contributed by atoms with E-state index in [1.807, 2.05) is 30.3 Å². The van der Waals surface area contributed by atoms with Gasteiger partial charge in [-0.1, -0.05) is 12.1 Å². The molecule has 5 rings (SSSR count). The Kier molecular flexibility index (Phi) is 4.03. The summed E-state index contributed by atoms with van der Waals surface area (Å²) in [6.45, 7) is 0.725. The molecule has 0 N–H and O–H groups in total. The molecule has 6 nitrogen and oxygen atoms in total. The number of ether oxygens (including phenoxy) is 6. The molecule has 0 bridgehead atoms. The van der Waals surface area contributed by atoms with Crippen LogP contribution in [0.5, 0.6) is 23.0 Å². The lowest BCUT2D eigenvalue weighted by atomic mass is 9.89. The summed E-state index contributed by atoms with van der Waals surface area (Å²) >= 11 is 0. The minimum atomic E-state index is -0.448. The fourth-order valence-electron chi connectivity index (χ4n) is 4.06. The first-order valence-electron chi connectivity index (χ1n) is 9.00. The Morgan fingerprint density at radius 2 is 1.79 bits per heavy atom. The van der Waals surface area contributed by atoms with Gasteiger partial charge in [0, 0.05) is 23.6 Å². The van der Waals surface area contributed by atoms with E-state index in [2.05, 4.69) is 6.07 Å². The van der Waals surface area contributed by atoms with Gasteiger partial charge in [-0.3, -0.25) is 0 Å². The number of fused-ring (bicyclic) bond motifs is 3. The van der Waals surface area contributed by atoms with Gasteiger partial charge in [0.15, 0.2) is 29.3 Å². The number of hydrogen-bond acceptors (Lipinski definition) is 6. The predicted molar refractivity (Wildman–Crippen MR) is 103 cm³/mol. The lowest BCUT2D eigenvalue weighted by molar-refractivity contribution is -0.117. The van der Waals surface area contributed by atoms with Crippen molar-refractivity contribution in [1.29, 1.82) is 0 Å². The van der Waals surface area contributed by atoms with Gasteiger partial charge in [0.2, 0.25) is 6.79 Å². The molecule has 144 valence electrons. The topological polar surface area (TPSA) is 55.4 Å². The highest BCUT2D eigenvalue weighted by molar-refractivity contribution is 6.05.